The number of nitro benzene ring substituents is 1. The predicted molar refractivity (Wildman–Crippen MR) is 112 cm³/mol. The van der Waals surface area contributed by atoms with Crippen molar-refractivity contribution >= 4 is 28.8 Å². The number of ketones is 1. The molecule has 0 radical (unpaired) electrons. The number of Topliss-reactive ketones (excluding diaryl/α,β-unsaturated/α-hetero) is 1. The number of allylic oxidation sites excluding steroid dienone is 3. The van der Waals surface area contributed by atoms with E-state index < -0.39 is 16.8 Å². The topological polar surface area (TPSA) is 98.5 Å². The van der Waals surface area contributed by atoms with Gasteiger partial charge in [-0.15, -0.1) is 11.3 Å². The molecule has 2 aliphatic rings. The summed E-state index contributed by atoms with van der Waals surface area (Å²) in [7, 11) is 1.30. The maximum absolute atomic E-state index is 13.3. The molecule has 2 atom stereocenters. The molecule has 1 aliphatic heterocycles. The van der Waals surface area contributed by atoms with Crippen LogP contribution in [0.1, 0.15) is 42.0 Å². The Labute approximate surface area is 177 Å². The molecule has 0 spiro atoms. The fraction of sp³-hybridized carbons (Fsp3) is 0.273. The third-order valence-electron chi connectivity index (χ3n) is 5.62. The molecule has 4 rings (SSSR count). The lowest BCUT2D eigenvalue weighted by molar-refractivity contribution is -0.384. The molecule has 0 fully saturated rings. The Kier molecular flexibility index (Phi) is 5.26. The zero-order chi connectivity index (χ0) is 21.4. The average Bonchev–Trinajstić information content (AvgIpc) is 3.27. The normalized spacial score (nSPS) is 21.2. The van der Waals surface area contributed by atoms with Gasteiger partial charge in [-0.3, -0.25) is 14.9 Å². The van der Waals surface area contributed by atoms with Gasteiger partial charge in [-0.2, -0.15) is 0 Å². The summed E-state index contributed by atoms with van der Waals surface area (Å²) in [5, 5.41) is 16.3. The molecule has 1 aromatic carbocycles. The summed E-state index contributed by atoms with van der Waals surface area (Å²) < 4.78 is 4.99. The molecular weight excluding hydrogens is 404 g/mol. The van der Waals surface area contributed by atoms with E-state index in [1.807, 2.05) is 17.5 Å². The number of carbonyl (C=O) groups is 2. The number of esters is 1. The first-order valence-electron chi connectivity index (χ1n) is 9.50. The van der Waals surface area contributed by atoms with Crippen LogP contribution in [0.25, 0.3) is 0 Å². The van der Waals surface area contributed by atoms with Crippen LogP contribution < -0.4 is 5.32 Å². The van der Waals surface area contributed by atoms with E-state index in [1.54, 1.807) is 30.4 Å². The van der Waals surface area contributed by atoms with Crippen LogP contribution in [-0.2, 0) is 14.3 Å². The first kappa shape index (κ1) is 20.0. The SMILES string of the molecule is COC(=O)C1=C(C)NC2=C(C(=O)C[C@H](c3cccs3)C2)[C@@H]1c1ccc([N+](=O)[O-])cc1. The second kappa shape index (κ2) is 7.87. The molecule has 0 saturated carbocycles. The summed E-state index contributed by atoms with van der Waals surface area (Å²) in [4.78, 5) is 37.6. The monoisotopic (exact) mass is 424 g/mol. The van der Waals surface area contributed by atoms with Gasteiger partial charge in [0.15, 0.2) is 5.78 Å². The van der Waals surface area contributed by atoms with E-state index in [9.17, 15) is 19.7 Å². The summed E-state index contributed by atoms with van der Waals surface area (Å²) in [5.41, 5.74) is 2.93. The fourth-order valence-electron chi connectivity index (χ4n) is 4.27. The number of hydrogen-bond acceptors (Lipinski definition) is 7. The maximum Gasteiger partial charge on any atom is 0.336 e. The van der Waals surface area contributed by atoms with Gasteiger partial charge >= 0.3 is 5.97 Å². The zero-order valence-corrected chi connectivity index (χ0v) is 17.3. The number of ether oxygens (including phenoxy) is 1. The van der Waals surface area contributed by atoms with Crippen molar-refractivity contribution in [3.63, 3.8) is 0 Å². The molecule has 8 heteroatoms. The summed E-state index contributed by atoms with van der Waals surface area (Å²) in [6, 6.07) is 10.0. The van der Waals surface area contributed by atoms with E-state index in [-0.39, 0.29) is 17.4 Å². The fourth-order valence-corrected chi connectivity index (χ4v) is 5.10. The van der Waals surface area contributed by atoms with Crippen molar-refractivity contribution in [1.29, 1.82) is 0 Å². The van der Waals surface area contributed by atoms with Gasteiger partial charge in [0.2, 0.25) is 0 Å². The van der Waals surface area contributed by atoms with Crippen LogP contribution in [0.2, 0.25) is 0 Å². The molecule has 30 heavy (non-hydrogen) atoms. The highest BCUT2D eigenvalue weighted by atomic mass is 32.1. The minimum atomic E-state index is -0.619. The second-order valence-corrected chi connectivity index (χ2v) is 8.35. The molecule has 1 N–H and O–H groups in total. The van der Waals surface area contributed by atoms with Crippen LogP contribution in [0.15, 0.2) is 64.3 Å². The largest absolute Gasteiger partial charge is 0.466 e. The molecule has 1 aromatic heterocycles. The highest BCUT2D eigenvalue weighted by molar-refractivity contribution is 7.10. The van der Waals surface area contributed by atoms with Crippen LogP contribution >= 0.6 is 11.3 Å². The van der Waals surface area contributed by atoms with E-state index >= 15 is 0 Å². The molecule has 0 unspecified atom stereocenters. The number of nitrogens with one attached hydrogen (secondary N) is 1. The van der Waals surface area contributed by atoms with E-state index in [4.69, 9.17) is 4.74 Å². The number of methoxy groups -OCH3 is 1. The number of hydrogen-bond donors (Lipinski definition) is 1. The van der Waals surface area contributed by atoms with E-state index in [2.05, 4.69) is 5.32 Å². The molecule has 2 heterocycles. The zero-order valence-electron chi connectivity index (χ0n) is 16.5. The van der Waals surface area contributed by atoms with Crippen LogP contribution in [0.4, 0.5) is 5.69 Å². The minimum Gasteiger partial charge on any atom is -0.466 e. The lowest BCUT2D eigenvalue weighted by Crippen LogP contribution is -2.35. The van der Waals surface area contributed by atoms with Gasteiger partial charge in [-0.25, -0.2) is 4.79 Å². The first-order chi connectivity index (χ1) is 14.4. The number of benzene rings is 1. The van der Waals surface area contributed by atoms with Gasteiger partial charge in [-0.05, 0) is 30.4 Å². The predicted octanol–water partition coefficient (Wildman–Crippen LogP) is 4.19. The Morgan fingerprint density at radius 2 is 1.97 bits per heavy atom. The molecule has 2 aromatic rings. The van der Waals surface area contributed by atoms with Crippen molar-refractivity contribution in [3.05, 3.63) is 84.9 Å². The molecule has 0 saturated heterocycles. The van der Waals surface area contributed by atoms with E-state index in [1.165, 1.54) is 19.2 Å². The highest BCUT2D eigenvalue weighted by Gasteiger charge is 2.41. The Morgan fingerprint density at radius 1 is 1.23 bits per heavy atom. The van der Waals surface area contributed by atoms with Crippen molar-refractivity contribution in [2.45, 2.75) is 31.6 Å². The second-order valence-electron chi connectivity index (χ2n) is 7.37. The van der Waals surface area contributed by atoms with Gasteiger partial charge in [0.05, 0.1) is 17.6 Å². The minimum absolute atomic E-state index is 0.0283. The van der Waals surface area contributed by atoms with Crippen LogP contribution in [0.5, 0.6) is 0 Å². The molecule has 0 amide bonds. The quantitative estimate of drug-likeness (QED) is 0.449. The van der Waals surface area contributed by atoms with E-state index in [0.717, 1.165) is 10.6 Å². The standard InChI is InChI=1S/C22H20N2O5S/c1-12-19(22(26)29-2)20(13-5-7-15(8-6-13)24(27)28)21-16(23-12)10-14(11-17(21)25)18-4-3-9-30-18/h3-9,14,20,23H,10-11H2,1-2H3/t14-,20-/m1/s1. The van der Waals surface area contributed by atoms with Gasteiger partial charge in [0.25, 0.3) is 5.69 Å². The Morgan fingerprint density at radius 3 is 2.57 bits per heavy atom. The maximum atomic E-state index is 13.3. The van der Waals surface area contributed by atoms with Gasteiger partial charge in [0.1, 0.15) is 0 Å². The average molecular weight is 424 g/mol. The van der Waals surface area contributed by atoms with Crippen molar-refractivity contribution < 1.29 is 19.2 Å². The van der Waals surface area contributed by atoms with Crippen molar-refractivity contribution in [3.8, 4) is 0 Å². The van der Waals surface area contributed by atoms with Crippen molar-refractivity contribution in [2.75, 3.05) is 7.11 Å². The number of rotatable bonds is 4. The number of thiophene rings is 1. The third-order valence-corrected chi connectivity index (χ3v) is 6.65. The molecular formula is C22H20N2O5S. The first-order valence-corrected chi connectivity index (χ1v) is 10.4. The molecule has 154 valence electrons. The van der Waals surface area contributed by atoms with Crippen LogP contribution in [-0.4, -0.2) is 23.8 Å². The van der Waals surface area contributed by atoms with Gasteiger partial charge in [-0.1, -0.05) is 18.2 Å². The number of nitro groups is 1. The van der Waals surface area contributed by atoms with Gasteiger partial charge in [0, 0.05) is 52.2 Å². The number of dihydropyridines is 1. The Hall–Kier alpha value is -3.26. The molecule has 1 aliphatic carbocycles. The van der Waals surface area contributed by atoms with Crippen LogP contribution in [0, 0.1) is 10.1 Å². The third kappa shape index (κ3) is 3.43. The highest BCUT2D eigenvalue weighted by Crippen LogP contribution is 2.46. The Bertz CT molecular complexity index is 1080. The molecule has 0 bridgehead atoms. The summed E-state index contributed by atoms with van der Waals surface area (Å²) >= 11 is 1.63. The lowest BCUT2D eigenvalue weighted by atomic mass is 9.72. The van der Waals surface area contributed by atoms with Crippen LogP contribution in [0.3, 0.4) is 0 Å². The summed E-state index contributed by atoms with van der Waals surface area (Å²) in [6.07, 6.45) is 1.02. The summed E-state index contributed by atoms with van der Waals surface area (Å²) in [5.74, 6) is -1.08. The lowest BCUT2D eigenvalue weighted by Gasteiger charge is -2.36. The number of nitrogens with zero attached hydrogens (tertiary/aromatic N) is 1. The number of non-ortho nitro benzene ring substituents is 1. The Balaban J connectivity index is 1.81. The van der Waals surface area contributed by atoms with Crippen molar-refractivity contribution in [1.82, 2.24) is 5.32 Å². The number of carbonyl (C=O) groups excluding carboxylic acids is 2. The molecule has 7 nitrogen and oxygen atoms in total. The smallest absolute Gasteiger partial charge is 0.336 e. The summed E-state index contributed by atoms with van der Waals surface area (Å²) in [6.45, 7) is 1.79. The van der Waals surface area contributed by atoms with Gasteiger partial charge < -0.3 is 10.1 Å². The van der Waals surface area contributed by atoms with Crippen molar-refractivity contribution in [2.24, 2.45) is 0 Å². The van der Waals surface area contributed by atoms with E-state index in [0.29, 0.717) is 35.2 Å².